The molecule has 0 unspecified atom stereocenters. The van der Waals surface area contributed by atoms with Gasteiger partial charge in [0.25, 0.3) is 0 Å². The van der Waals surface area contributed by atoms with E-state index in [-0.39, 0.29) is 18.0 Å². The first-order valence-electron chi connectivity index (χ1n) is 7.12. The Kier molecular flexibility index (Phi) is 2.82. The molecule has 0 aromatic heterocycles. The highest BCUT2D eigenvalue weighted by Gasteiger charge is 2.40. The van der Waals surface area contributed by atoms with Crippen LogP contribution in [-0.4, -0.2) is 19.3 Å². The van der Waals surface area contributed by atoms with E-state index in [9.17, 15) is 5.11 Å². The summed E-state index contributed by atoms with van der Waals surface area (Å²) >= 11 is 0. The fourth-order valence-electron chi connectivity index (χ4n) is 3.16. The van der Waals surface area contributed by atoms with Crippen molar-refractivity contribution in [2.45, 2.75) is 18.6 Å². The molecule has 114 valence electrons. The van der Waals surface area contributed by atoms with Crippen LogP contribution in [0.25, 0.3) is 0 Å². The molecular weight excluding hydrogens is 284 g/mol. The molecule has 2 bridgehead atoms. The SMILES string of the molecule is COc1cc(OC)c2c(c1)O[C@H]1C[C@@H]2Oc2c(O)cccc21. The number of hydrogen-bond acceptors (Lipinski definition) is 5. The Morgan fingerprint density at radius 1 is 1.09 bits per heavy atom. The molecular formula is C17H16O5. The molecule has 2 heterocycles. The van der Waals surface area contributed by atoms with Crippen LogP contribution in [0.2, 0.25) is 0 Å². The summed E-state index contributed by atoms with van der Waals surface area (Å²) in [7, 11) is 3.21. The second-order valence-electron chi connectivity index (χ2n) is 5.39. The first-order valence-corrected chi connectivity index (χ1v) is 7.12. The molecule has 5 nitrogen and oxygen atoms in total. The molecule has 5 heteroatoms. The van der Waals surface area contributed by atoms with Gasteiger partial charge in [0.2, 0.25) is 0 Å². The Morgan fingerprint density at radius 3 is 2.73 bits per heavy atom. The summed E-state index contributed by atoms with van der Waals surface area (Å²) in [4.78, 5) is 0. The standard InChI is InChI=1S/C17H16O5/c1-19-9-6-13(20-2)16-14(7-9)21-12-8-15(16)22-17-10(12)4-3-5-11(17)18/h3-7,12,15,18H,8H2,1-2H3/t12-,15-/m0/s1. The maximum absolute atomic E-state index is 10.0. The highest BCUT2D eigenvalue weighted by atomic mass is 16.5. The van der Waals surface area contributed by atoms with E-state index in [2.05, 4.69) is 0 Å². The lowest BCUT2D eigenvalue weighted by molar-refractivity contribution is 0.0487. The second-order valence-corrected chi connectivity index (χ2v) is 5.39. The van der Waals surface area contributed by atoms with E-state index in [0.717, 1.165) is 11.1 Å². The molecule has 2 aromatic rings. The van der Waals surface area contributed by atoms with Gasteiger partial charge >= 0.3 is 0 Å². The maximum Gasteiger partial charge on any atom is 0.168 e. The Balaban J connectivity index is 1.86. The number of methoxy groups -OCH3 is 2. The van der Waals surface area contributed by atoms with Crippen molar-refractivity contribution in [1.29, 1.82) is 0 Å². The quantitative estimate of drug-likeness (QED) is 0.921. The largest absolute Gasteiger partial charge is 0.504 e. The molecule has 0 aliphatic carbocycles. The van der Waals surface area contributed by atoms with Crippen molar-refractivity contribution in [2.24, 2.45) is 0 Å². The molecule has 4 rings (SSSR count). The minimum atomic E-state index is -0.213. The van der Waals surface area contributed by atoms with E-state index >= 15 is 0 Å². The minimum absolute atomic E-state index is 0.131. The van der Waals surface area contributed by atoms with Crippen LogP contribution in [0.5, 0.6) is 28.7 Å². The third kappa shape index (κ3) is 1.78. The summed E-state index contributed by atoms with van der Waals surface area (Å²) in [6.45, 7) is 0. The molecule has 2 aliphatic heterocycles. The highest BCUT2D eigenvalue weighted by Crippen LogP contribution is 2.54. The summed E-state index contributed by atoms with van der Waals surface area (Å²) in [6, 6.07) is 8.98. The number of ether oxygens (including phenoxy) is 4. The Bertz CT molecular complexity index is 740. The lowest BCUT2D eigenvalue weighted by Gasteiger charge is -2.38. The third-order valence-corrected chi connectivity index (χ3v) is 4.18. The van der Waals surface area contributed by atoms with E-state index < -0.39 is 0 Å². The number of phenolic OH excluding ortho intramolecular Hbond substituents is 1. The maximum atomic E-state index is 10.0. The van der Waals surface area contributed by atoms with Crippen LogP contribution in [0.15, 0.2) is 30.3 Å². The van der Waals surface area contributed by atoms with Crippen LogP contribution in [-0.2, 0) is 0 Å². The summed E-state index contributed by atoms with van der Waals surface area (Å²) in [5, 5.41) is 10.0. The van der Waals surface area contributed by atoms with E-state index in [0.29, 0.717) is 29.4 Å². The first-order chi connectivity index (χ1) is 10.7. The van der Waals surface area contributed by atoms with Crippen LogP contribution in [0.1, 0.15) is 29.8 Å². The van der Waals surface area contributed by atoms with Gasteiger partial charge in [-0.2, -0.15) is 0 Å². The normalized spacial score (nSPS) is 21.0. The van der Waals surface area contributed by atoms with Crippen LogP contribution >= 0.6 is 0 Å². The van der Waals surface area contributed by atoms with Gasteiger partial charge < -0.3 is 24.1 Å². The monoisotopic (exact) mass is 300 g/mol. The molecule has 2 atom stereocenters. The fraction of sp³-hybridized carbons (Fsp3) is 0.294. The average molecular weight is 300 g/mol. The zero-order valence-corrected chi connectivity index (χ0v) is 12.3. The molecule has 0 saturated carbocycles. The van der Waals surface area contributed by atoms with Crippen molar-refractivity contribution < 1.29 is 24.1 Å². The van der Waals surface area contributed by atoms with Gasteiger partial charge in [0.05, 0.1) is 19.8 Å². The van der Waals surface area contributed by atoms with Crippen LogP contribution in [0.4, 0.5) is 0 Å². The van der Waals surface area contributed by atoms with E-state index in [4.69, 9.17) is 18.9 Å². The molecule has 0 fully saturated rings. The van der Waals surface area contributed by atoms with E-state index in [1.807, 2.05) is 18.2 Å². The number of phenols is 1. The van der Waals surface area contributed by atoms with Gasteiger partial charge in [-0.15, -0.1) is 0 Å². The van der Waals surface area contributed by atoms with Crippen molar-refractivity contribution in [1.82, 2.24) is 0 Å². The predicted molar refractivity (Wildman–Crippen MR) is 79.0 cm³/mol. The van der Waals surface area contributed by atoms with E-state index in [1.54, 1.807) is 26.4 Å². The number of rotatable bonds is 2. The van der Waals surface area contributed by atoms with Gasteiger partial charge in [-0.1, -0.05) is 12.1 Å². The summed E-state index contributed by atoms with van der Waals surface area (Å²) < 4.78 is 22.9. The van der Waals surface area contributed by atoms with Gasteiger partial charge in [-0.25, -0.2) is 0 Å². The molecule has 0 spiro atoms. The van der Waals surface area contributed by atoms with Gasteiger partial charge in [0.15, 0.2) is 11.5 Å². The van der Waals surface area contributed by atoms with Crippen molar-refractivity contribution in [2.75, 3.05) is 14.2 Å². The summed E-state index contributed by atoms with van der Waals surface area (Å²) in [5.41, 5.74) is 1.72. The fourth-order valence-corrected chi connectivity index (χ4v) is 3.16. The lowest BCUT2D eigenvalue weighted by atomic mass is 9.90. The van der Waals surface area contributed by atoms with Gasteiger partial charge in [-0.3, -0.25) is 0 Å². The zero-order chi connectivity index (χ0) is 15.3. The van der Waals surface area contributed by atoms with Crippen LogP contribution in [0.3, 0.4) is 0 Å². The molecule has 22 heavy (non-hydrogen) atoms. The first kappa shape index (κ1) is 13.1. The Hall–Kier alpha value is -2.56. The number of benzene rings is 2. The zero-order valence-electron chi connectivity index (χ0n) is 12.3. The van der Waals surface area contributed by atoms with E-state index in [1.165, 1.54) is 0 Å². The predicted octanol–water partition coefficient (Wildman–Crippen LogP) is 3.37. The Morgan fingerprint density at radius 2 is 1.95 bits per heavy atom. The van der Waals surface area contributed by atoms with Crippen LogP contribution < -0.4 is 18.9 Å². The molecule has 2 aromatic carbocycles. The average Bonchev–Trinajstić information content (AvgIpc) is 2.54. The lowest BCUT2D eigenvalue weighted by Crippen LogP contribution is -2.28. The minimum Gasteiger partial charge on any atom is -0.504 e. The number of fused-ring (bicyclic) bond motifs is 6. The molecule has 0 amide bonds. The smallest absolute Gasteiger partial charge is 0.168 e. The number of hydrogen-bond donors (Lipinski definition) is 1. The number of para-hydroxylation sites is 1. The molecule has 0 radical (unpaired) electrons. The van der Waals surface area contributed by atoms with Crippen molar-refractivity contribution >= 4 is 0 Å². The van der Waals surface area contributed by atoms with Crippen molar-refractivity contribution in [3.8, 4) is 28.7 Å². The summed E-state index contributed by atoms with van der Waals surface area (Å²) in [6.07, 6.45) is 0.326. The Labute approximate surface area is 128 Å². The summed E-state index contributed by atoms with van der Waals surface area (Å²) in [5.74, 6) is 2.66. The molecule has 1 N–H and O–H groups in total. The van der Waals surface area contributed by atoms with Gasteiger partial charge in [-0.05, 0) is 6.07 Å². The molecule has 2 aliphatic rings. The highest BCUT2D eigenvalue weighted by molar-refractivity contribution is 5.57. The second kappa shape index (κ2) is 4.73. The van der Waals surface area contributed by atoms with Crippen molar-refractivity contribution in [3.63, 3.8) is 0 Å². The van der Waals surface area contributed by atoms with Crippen molar-refractivity contribution in [3.05, 3.63) is 41.5 Å². The topological polar surface area (TPSA) is 57.2 Å². The third-order valence-electron chi connectivity index (χ3n) is 4.18. The molecule has 0 saturated heterocycles. The van der Waals surface area contributed by atoms with Gasteiger partial charge in [0, 0.05) is 24.1 Å². The van der Waals surface area contributed by atoms with Crippen LogP contribution in [0, 0.1) is 0 Å². The van der Waals surface area contributed by atoms with Gasteiger partial charge in [0.1, 0.15) is 29.5 Å². The number of aromatic hydroxyl groups is 1.